The molecule has 3 saturated heterocycles. The topological polar surface area (TPSA) is 295 Å². The highest BCUT2D eigenvalue weighted by atomic mass is 16.6. The molecule has 3 fully saturated rings. The molecule has 4 aliphatic heterocycles. The van der Waals surface area contributed by atoms with Crippen molar-refractivity contribution in [3.63, 3.8) is 0 Å². The van der Waals surface area contributed by atoms with Crippen LogP contribution in [0.2, 0.25) is 0 Å². The van der Waals surface area contributed by atoms with Crippen molar-refractivity contribution >= 4 is 76.5 Å². The number of carbonyl (C=O) groups excluding carboxylic acids is 10. The number of ketones is 1. The molecule has 10 rings (SSSR count). The van der Waals surface area contributed by atoms with Crippen LogP contribution in [0.5, 0.6) is 5.75 Å². The molecule has 1 aliphatic carbocycles. The number of rotatable bonds is 27. The van der Waals surface area contributed by atoms with Crippen molar-refractivity contribution in [3.8, 4) is 5.75 Å². The molecule has 100 heavy (non-hydrogen) atoms. The first-order valence-electron chi connectivity index (χ1n) is 35.2. The lowest BCUT2D eigenvalue weighted by Gasteiger charge is -2.40. The number of urea groups is 1. The Bertz CT molecular complexity index is 3760. The van der Waals surface area contributed by atoms with Gasteiger partial charge in [0, 0.05) is 140 Å². The number of nitrogens with two attached hydrogens (primary N) is 1. The number of benzene rings is 5. The molecule has 0 saturated carbocycles. The number of piperidine rings is 2. The molecule has 5 aliphatic rings. The molecule has 0 bridgehead atoms. The number of hydrogen-bond acceptors (Lipinski definition) is 15. The predicted octanol–water partition coefficient (Wildman–Crippen LogP) is 8.07. The fraction of sp³-hybridized carbons (Fsp3) is 0.474. The monoisotopic (exact) mass is 1370 g/mol. The first kappa shape index (κ1) is 72.9. The highest BCUT2D eigenvalue weighted by molar-refractivity contribution is 6.05. The van der Waals surface area contributed by atoms with Gasteiger partial charge in [-0.1, -0.05) is 88.4 Å². The van der Waals surface area contributed by atoms with E-state index in [1.54, 1.807) is 71.0 Å². The highest BCUT2D eigenvalue weighted by Crippen LogP contribution is 2.47. The van der Waals surface area contributed by atoms with Crippen LogP contribution in [0, 0.1) is 17.8 Å². The highest BCUT2D eigenvalue weighted by Gasteiger charge is 2.40. The maximum atomic E-state index is 13.7. The van der Waals surface area contributed by atoms with Gasteiger partial charge in [0.1, 0.15) is 36.3 Å². The summed E-state index contributed by atoms with van der Waals surface area (Å²) < 4.78 is 11.6. The van der Waals surface area contributed by atoms with Crippen LogP contribution < -0.4 is 46.9 Å². The molecule has 5 aromatic carbocycles. The number of imide groups is 1. The van der Waals surface area contributed by atoms with E-state index in [0.717, 1.165) is 88.3 Å². The zero-order chi connectivity index (χ0) is 71.1. The molecule has 7 N–H and O–H groups in total. The van der Waals surface area contributed by atoms with Crippen molar-refractivity contribution < 1.29 is 57.4 Å². The van der Waals surface area contributed by atoms with Gasteiger partial charge in [0.15, 0.2) is 0 Å². The Hall–Kier alpha value is -9.84. The van der Waals surface area contributed by atoms with E-state index in [4.69, 9.17) is 15.2 Å². The van der Waals surface area contributed by atoms with Crippen LogP contribution >= 0.6 is 0 Å². The van der Waals surface area contributed by atoms with Gasteiger partial charge in [0.2, 0.25) is 29.5 Å². The standard InChI is InChI=1S/C76H96N12O12/c1-48(2)65(89)29-31-66(90)81-69(49(3)4)72(94)80-63(13-10-34-78-74(77)96)70(92)79-56-19-14-51(15-20-56)47-99-75(97)83(5)37-38-84(6)76(98)100-59-24-27-61-54(44-59)18-25-60(52-11-8-7-9-12-52)68(61)53-16-21-57(22-17-53)86-35-32-50(33-36-86)45-85-39-41-87(42-40-85)58-23-26-62-55(43-58)46-88(73(62)95)64-28-30-67(91)82-71(64)93/h7-9,11-12,14-17,19-24,26-27,43-44,48-50,60,63-64,68-69H,10,13,18,25,28-42,45-47H2,1-6H3,(H,79,92)(H,80,94)(H,81,90)(H3,77,78,96)(H,82,91,93)/t60-,63+,64+,68+,69+/m1/s1. The lowest BCUT2D eigenvalue weighted by Crippen LogP contribution is -2.54. The van der Waals surface area contributed by atoms with Gasteiger partial charge in [-0.3, -0.25) is 43.8 Å². The fourth-order valence-corrected chi connectivity index (χ4v) is 14.1. The number of likely N-dealkylation sites (N-methyl/N-ethyl adjacent to an activating group) is 2. The number of nitrogens with zero attached hydrogens (tertiary/aromatic N) is 6. The van der Waals surface area contributed by atoms with E-state index in [-0.39, 0.29) is 93.2 Å². The number of nitrogens with one attached hydrogen (secondary N) is 5. The number of fused-ring (bicyclic) bond motifs is 2. The number of amides is 10. The third kappa shape index (κ3) is 18.9. The summed E-state index contributed by atoms with van der Waals surface area (Å²) in [5.41, 5.74) is 15.0. The smallest absolute Gasteiger partial charge is 0.415 e. The zero-order valence-corrected chi connectivity index (χ0v) is 58.3. The molecule has 0 aromatic heterocycles. The van der Waals surface area contributed by atoms with E-state index in [9.17, 15) is 47.9 Å². The largest absolute Gasteiger partial charge is 0.445 e. The summed E-state index contributed by atoms with van der Waals surface area (Å²) >= 11 is 0. The average Bonchev–Trinajstić information content (AvgIpc) is 1.29. The lowest BCUT2D eigenvalue weighted by molar-refractivity contribution is -0.137. The number of Topliss-reactive ketones (excluding diaryl/α,β-unsaturated/α-hetero) is 1. The van der Waals surface area contributed by atoms with Gasteiger partial charge < -0.3 is 61.0 Å². The van der Waals surface area contributed by atoms with Gasteiger partial charge in [-0.25, -0.2) is 14.4 Å². The van der Waals surface area contributed by atoms with Crippen LogP contribution in [0.25, 0.3) is 0 Å². The number of aryl methyl sites for hydroxylation is 1. The van der Waals surface area contributed by atoms with Crippen molar-refractivity contribution in [3.05, 3.63) is 154 Å². The van der Waals surface area contributed by atoms with Gasteiger partial charge in [-0.05, 0) is 151 Å². The van der Waals surface area contributed by atoms with Crippen LogP contribution in [0.15, 0.2) is 115 Å². The maximum Gasteiger partial charge on any atom is 0.415 e. The number of carbonyl (C=O) groups is 10. The summed E-state index contributed by atoms with van der Waals surface area (Å²) in [6.07, 6.45) is 3.75. The first-order chi connectivity index (χ1) is 48.0. The van der Waals surface area contributed by atoms with Crippen LogP contribution in [0.1, 0.15) is 141 Å². The lowest BCUT2D eigenvalue weighted by atomic mass is 9.69. The fourth-order valence-electron chi connectivity index (χ4n) is 14.1. The number of piperazine rings is 1. The van der Waals surface area contributed by atoms with Crippen molar-refractivity contribution in [1.29, 1.82) is 0 Å². The average molecular weight is 1370 g/mol. The van der Waals surface area contributed by atoms with E-state index in [2.05, 4.69) is 108 Å². The summed E-state index contributed by atoms with van der Waals surface area (Å²) in [6.45, 7) is 14.6. The number of primary amides is 1. The van der Waals surface area contributed by atoms with E-state index in [1.807, 2.05) is 24.3 Å². The summed E-state index contributed by atoms with van der Waals surface area (Å²) in [5.74, 6) is -1.70. The molecule has 5 atom stereocenters. The Morgan fingerprint density at radius 2 is 1.37 bits per heavy atom. The normalized spacial score (nSPS) is 18.5. The van der Waals surface area contributed by atoms with Crippen molar-refractivity contribution in [1.82, 2.24) is 40.9 Å². The van der Waals surface area contributed by atoms with Gasteiger partial charge in [0.25, 0.3) is 5.91 Å². The second kappa shape index (κ2) is 33.8. The first-order valence-corrected chi connectivity index (χ1v) is 35.2. The SMILES string of the molecule is CC(C)C(=O)CCC(=O)N[C@H](C(=O)N[C@@H](CCCNC(N)=O)C(=O)Nc1ccc(COC(=O)N(C)CCN(C)C(=O)Oc2ccc3c(c2)CC[C@H](c2ccccc2)[C@@H]3c2ccc(N3CCC(CN4CCN(c5ccc6c(c5)CN([C@H]5CCC(=O)NC5=O)C6=O)CC4)CC3)cc2)cc1)C(C)C. The molecule has 532 valence electrons. The van der Waals surface area contributed by atoms with Crippen LogP contribution in [-0.4, -0.2) is 177 Å². The molecule has 4 heterocycles. The van der Waals surface area contributed by atoms with E-state index < -0.39 is 60.0 Å². The Morgan fingerprint density at radius 1 is 0.680 bits per heavy atom. The number of ether oxygens (including phenoxy) is 2. The minimum atomic E-state index is -1.06. The second-order valence-electron chi connectivity index (χ2n) is 27.8. The van der Waals surface area contributed by atoms with Crippen molar-refractivity contribution in [2.45, 2.75) is 135 Å². The molecular weight excluding hydrogens is 1270 g/mol. The zero-order valence-electron chi connectivity index (χ0n) is 58.3. The quantitative estimate of drug-likeness (QED) is 0.0214. The van der Waals surface area contributed by atoms with Crippen molar-refractivity contribution in [2.75, 3.05) is 94.7 Å². The van der Waals surface area contributed by atoms with Crippen LogP contribution in [-0.2, 0) is 53.1 Å². The van der Waals surface area contributed by atoms with E-state index in [0.29, 0.717) is 47.9 Å². The summed E-state index contributed by atoms with van der Waals surface area (Å²) in [5, 5.41) is 13.1. The summed E-state index contributed by atoms with van der Waals surface area (Å²) in [6, 6.07) is 35.0. The second-order valence-corrected chi connectivity index (χ2v) is 27.8. The third-order valence-corrected chi connectivity index (χ3v) is 20.1. The predicted molar refractivity (Wildman–Crippen MR) is 379 cm³/mol. The number of anilines is 3. The van der Waals surface area contributed by atoms with Gasteiger partial charge in [-0.2, -0.15) is 0 Å². The summed E-state index contributed by atoms with van der Waals surface area (Å²) in [4.78, 5) is 140. The Kier molecular flexibility index (Phi) is 24.6. The van der Waals surface area contributed by atoms with Crippen LogP contribution in [0.4, 0.5) is 31.4 Å². The minimum Gasteiger partial charge on any atom is -0.445 e. The molecule has 24 heteroatoms. The van der Waals surface area contributed by atoms with Gasteiger partial charge >= 0.3 is 18.2 Å². The third-order valence-electron chi connectivity index (χ3n) is 20.1. The molecule has 0 unspecified atom stereocenters. The molecule has 0 spiro atoms. The van der Waals surface area contributed by atoms with Gasteiger partial charge in [-0.15, -0.1) is 0 Å². The van der Waals surface area contributed by atoms with Crippen molar-refractivity contribution in [2.24, 2.45) is 23.5 Å². The molecular formula is C76H96N12O12. The van der Waals surface area contributed by atoms with Gasteiger partial charge in [0.05, 0.1) is 0 Å². The molecule has 10 amide bonds. The Labute approximate surface area is 585 Å². The number of hydrogen-bond donors (Lipinski definition) is 6. The Morgan fingerprint density at radius 3 is 2.05 bits per heavy atom. The molecule has 0 radical (unpaired) electrons. The minimum absolute atomic E-state index is 0.0412. The molecule has 24 nitrogen and oxygen atoms in total. The maximum absolute atomic E-state index is 13.7. The molecule has 5 aromatic rings. The summed E-state index contributed by atoms with van der Waals surface area (Å²) in [7, 11) is 3.19. The van der Waals surface area contributed by atoms with E-state index >= 15 is 0 Å². The van der Waals surface area contributed by atoms with Crippen LogP contribution in [0.3, 0.4) is 0 Å². The van der Waals surface area contributed by atoms with E-state index in [1.165, 1.54) is 32.2 Å². The Balaban J connectivity index is 0.665.